The van der Waals surface area contributed by atoms with Crippen LogP contribution in [0.1, 0.15) is 43.5 Å². The first-order chi connectivity index (χ1) is 16.4. The van der Waals surface area contributed by atoms with Gasteiger partial charge in [-0.3, -0.25) is 4.68 Å². The number of likely N-dealkylation sites (tertiary alicyclic amines) is 1. The Labute approximate surface area is 201 Å². The Morgan fingerprint density at radius 1 is 1.12 bits per heavy atom. The Hall–Kier alpha value is -2.71. The molecule has 3 aromatic heterocycles. The van der Waals surface area contributed by atoms with Gasteiger partial charge in [-0.25, -0.2) is 9.67 Å². The van der Waals surface area contributed by atoms with E-state index in [-0.39, 0.29) is 0 Å². The summed E-state index contributed by atoms with van der Waals surface area (Å²) in [6.07, 6.45) is 10.1. The Balaban J connectivity index is 1.45. The van der Waals surface area contributed by atoms with Gasteiger partial charge >= 0.3 is 0 Å². The summed E-state index contributed by atoms with van der Waals surface area (Å²) in [5.74, 6) is 1.29. The molecule has 0 spiro atoms. The molecular weight excluding hydrogens is 428 g/mol. The van der Waals surface area contributed by atoms with Crippen molar-refractivity contribution in [3.05, 3.63) is 41.5 Å². The lowest BCUT2D eigenvalue weighted by Crippen LogP contribution is -2.44. The molecule has 2 atom stereocenters. The van der Waals surface area contributed by atoms with Gasteiger partial charge in [-0.05, 0) is 59.1 Å². The minimum Gasteiger partial charge on any atom is -0.481 e. The molecule has 5 heterocycles. The number of methoxy groups -OCH3 is 1. The van der Waals surface area contributed by atoms with Crippen molar-refractivity contribution >= 4 is 0 Å². The number of pyridine rings is 1. The van der Waals surface area contributed by atoms with E-state index in [2.05, 4.69) is 47.7 Å². The maximum atomic E-state index is 5.81. The van der Waals surface area contributed by atoms with Crippen molar-refractivity contribution in [2.75, 3.05) is 27.4 Å². The maximum Gasteiger partial charge on any atom is 0.216 e. The predicted octanol–water partition coefficient (Wildman–Crippen LogP) is 3.68. The van der Waals surface area contributed by atoms with E-state index in [1.807, 2.05) is 24.0 Å². The highest BCUT2D eigenvalue weighted by molar-refractivity contribution is 5.64. The van der Waals surface area contributed by atoms with Crippen LogP contribution in [0.25, 0.3) is 16.9 Å². The first-order valence-electron chi connectivity index (χ1n) is 12.4. The quantitative estimate of drug-likeness (QED) is 0.574. The summed E-state index contributed by atoms with van der Waals surface area (Å²) in [4.78, 5) is 6.97. The van der Waals surface area contributed by atoms with E-state index in [1.54, 1.807) is 7.11 Å². The van der Waals surface area contributed by atoms with Gasteiger partial charge in [0.15, 0.2) is 0 Å². The monoisotopic (exact) mass is 464 g/mol. The van der Waals surface area contributed by atoms with Crippen molar-refractivity contribution in [3.63, 3.8) is 0 Å². The number of rotatable bonds is 5. The topological polar surface area (TPSA) is 70.2 Å². The van der Waals surface area contributed by atoms with Crippen molar-refractivity contribution in [2.24, 2.45) is 5.92 Å². The number of piperidine rings is 1. The normalized spacial score (nSPS) is 23.5. The second kappa shape index (κ2) is 9.50. The van der Waals surface area contributed by atoms with Gasteiger partial charge in [-0.2, -0.15) is 10.2 Å². The molecule has 2 aliphatic rings. The highest BCUT2D eigenvalue weighted by Crippen LogP contribution is 2.32. The lowest BCUT2D eigenvalue weighted by atomic mass is 9.87. The third-order valence-corrected chi connectivity index (χ3v) is 7.61. The van der Waals surface area contributed by atoms with Gasteiger partial charge in [0.05, 0.1) is 49.8 Å². The zero-order valence-electron chi connectivity index (χ0n) is 21.0. The first kappa shape index (κ1) is 23.1. The van der Waals surface area contributed by atoms with Crippen molar-refractivity contribution in [3.8, 4) is 22.8 Å². The van der Waals surface area contributed by atoms with E-state index in [0.29, 0.717) is 37.1 Å². The number of hydrogen-bond donors (Lipinski definition) is 0. The van der Waals surface area contributed by atoms with E-state index in [4.69, 9.17) is 19.7 Å². The van der Waals surface area contributed by atoms with Gasteiger partial charge in [-0.1, -0.05) is 0 Å². The van der Waals surface area contributed by atoms with E-state index in [9.17, 15) is 0 Å². The van der Waals surface area contributed by atoms with Gasteiger partial charge in [0.1, 0.15) is 0 Å². The van der Waals surface area contributed by atoms with E-state index < -0.39 is 0 Å². The van der Waals surface area contributed by atoms with Crippen molar-refractivity contribution in [1.82, 2.24) is 29.4 Å². The number of nitrogens with zero attached hydrogens (tertiary/aromatic N) is 6. The SMILES string of the molecule is COc1ncc(-n2nc(-c3cnn(CC4CC(C)N(C)C(C)C4)c3)c3c2CCOCC3)cc1C. The van der Waals surface area contributed by atoms with Crippen LogP contribution in [0.3, 0.4) is 0 Å². The zero-order chi connectivity index (χ0) is 23.8. The fourth-order valence-electron chi connectivity index (χ4n) is 5.60. The summed E-state index contributed by atoms with van der Waals surface area (Å²) in [6, 6.07) is 3.30. The van der Waals surface area contributed by atoms with Crippen LogP contribution in [0, 0.1) is 12.8 Å². The van der Waals surface area contributed by atoms with Crippen LogP contribution in [0.15, 0.2) is 24.7 Å². The summed E-state index contributed by atoms with van der Waals surface area (Å²) in [5, 5.41) is 9.83. The van der Waals surface area contributed by atoms with Crippen LogP contribution in [-0.2, 0) is 24.1 Å². The molecule has 0 aromatic carbocycles. The van der Waals surface area contributed by atoms with Crippen LogP contribution in [0.4, 0.5) is 0 Å². The average Bonchev–Trinajstić information content (AvgIpc) is 3.34. The molecule has 0 N–H and O–H groups in total. The number of aromatic nitrogens is 5. The standard InChI is InChI=1S/C26H36N6O2/c1-17-10-22(14-27-26(17)33-5)32-24-7-9-34-8-6-23(24)25(29-32)21-13-28-31(16-21)15-20-11-18(2)30(4)19(3)12-20/h10,13-14,16,18-20H,6-9,11-12,15H2,1-5H3. The minimum absolute atomic E-state index is 0.608. The first-order valence-corrected chi connectivity index (χ1v) is 12.4. The zero-order valence-corrected chi connectivity index (χ0v) is 21.0. The third-order valence-electron chi connectivity index (χ3n) is 7.61. The molecule has 182 valence electrons. The molecule has 34 heavy (non-hydrogen) atoms. The average molecular weight is 465 g/mol. The molecule has 2 unspecified atom stereocenters. The molecule has 0 aliphatic carbocycles. The molecule has 0 amide bonds. The molecule has 8 nitrogen and oxygen atoms in total. The smallest absolute Gasteiger partial charge is 0.216 e. The van der Waals surface area contributed by atoms with E-state index in [1.165, 1.54) is 24.1 Å². The molecule has 3 aromatic rings. The second-order valence-corrected chi connectivity index (χ2v) is 9.97. The van der Waals surface area contributed by atoms with Crippen LogP contribution >= 0.6 is 0 Å². The summed E-state index contributed by atoms with van der Waals surface area (Å²) < 4.78 is 15.3. The summed E-state index contributed by atoms with van der Waals surface area (Å²) >= 11 is 0. The van der Waals surface area contributed by atoms with Crippen molar-refractivity contribution in [1.29, 1.82) is 0 Å². The highest BCUT2D eigenvalue weighted by Gasteiger charge is 2.29. The molecule has 2 aliphatic heterocycles. The maximum absolute atomic E-state index is 5.81. The van der Waals surface area contributed by atoms with Crippen LogP contribution < -0.4 is 4.74 Å². The fourth-order valence-corrected chi connectivity index (χ4v) is 5.60. The molecule has 5 rings (SSSR count). The number of ether oxygens (including phenoxy) is 2. The van der Waals surface area contributed by atoms with Gasteiger partial charge in [0.2, 0.25) is 5.88 Å². The van der Waals surface area contributed by atoms with E-state index >= 15 is 0 Å². The van der Waals surface area contributed by atoms with Gasteiger partial charge < -0.3 is 14.4 Å². The molecule has 1 fully saturated rings. The number of hydrogen-bond acceptors (Lipinski definition) is 6. The summed E-state index contributed by atoms with van der Waals surface area (Å²) in [5.41, 5.74) is 6.47. The summed E-state index contributed by atoms with van der Waals surface area (Å²) in [6.45, 7) is 9.04. The second-order valence-electron chi connectivity index (χ2n) is 9.97. The Kier molecular flexibility index (Phi) is 6.44. The Morgan fingerprint density at radius 2 is 1.88 bits per heavy atom. The van der Waals surface area contributed by atoms with Crippen LogP contribution in [0.2, 0.25) is 0 Å². The number of aryl methyl sites for hydroxylation is 1. The van der Waals surface area contributed by atoms with Gasteiger partial charge in [-0.15, -0.1) is 0 Å². The fraction of sp³-hybridized carbons (Fsp3) is 0.577. The molecule has 0 radical (unpaired) electrons. The van der Waals surface area contributed by atoms with Gasteiger partial charge in [0.25, 0.3) is 0 Å². The van der Waals surface area contributed by atoms with Crippen LogP contribution in [-0.4, -0.2) is 68.9 Å². The third kappa shape index (κ3) is 4.36. The van der Waals surface area contributed by atoms with Crippen molar-refractivity contribution in [2.45, 2.75) is 65.1 Å². The predicted molar refractivity (Wildman–Crippen MR) is 132 cm³/mol. The molecule has 0 bridgehead atoms. The lowest BCUT2D eigenvalue weighted by molar-refractivity contribution is 0.0892. The lowest BCUT2D eigenvalue weighted by Gasteiger charge is -2.40. The largest absolute Gasteiger partial charge is 0.481 e. The van der Waals surface area contributed by atoms with Crippen LogP contribution in [0.5, 0.6) is 5.88 Å². The molecule has 1 saturated heterocycles. The Bertz CT molecular complexity index is 1140. The molecule has 0 saturated carbocycles. The highest BCUT2D eigenvalue weighted by atomic mass is 16.5. The number of fused-ring (bicyclic) bond motifs is 1. The van der Waals surface area contributed by atoms with E-state index in [0.717, 1.165) is 41.9 Å². The minimum atomic E-state index is 0.608. The summed E-state index contributed by atoms with van der Waals surface area (Å²) in [7, 11) is 3.89. The van der Waals surface area contributed by atoms with Crippen molar-refractivity contribution < 1.29 is 9.47 Å². The van der Waals surface area contributed by atoms with Gasteiger partial charge in [0, 0.05) is 47.9 Å². The molecule has 8 heteroatoms. The Morgan fingerprint density at radius 3 is 2.62 bits per heavy atom. The molecular formula is C26H36N6O2.